The number of nitriles is 2. The van der Waals surface area contributed by atoms with Crippen LogP contribution in [0.25, 0.3) is 11.8 Å². The lowest BCUT2D eigenvalue weighted by atomic mass is 10.2. The summed E-state index contributed by atoms with van der Waals surface area (Å²) in [6, 6.07) is 15.1. The van der Waals surface area contributed by atoms with E-state index in [9.17, 15) is 24.0 Å². The number of benzene rings is 2. The van der Waals surface area contributed by atoms with E-state index >= 15 is 0 Å². The first-order chi connectivity index (χ1) is 18.8. The molecule has 0 unspecified atom stereocenters. The molecule has 10 nitrogen and oxygen atoms in total. The van der Waals surface area contributed by atoms with Crippen LogP contribution < -0.4 is 35.6 Å². The molecule has 1 aromatic heterocycles. The molecule has 2 aromatic carbocycles. The van der Waals surface area contributed by atoms with Crippen molar-refractivity contribution in [3.8, 4) is 12.1 Å². The third-order valence-corrected chi connectivity index (χ3v) is 7.12. The zero-order chi connectivity index (χ0) is 27.9. The van der Waals surface area contributed by atoms with E-state index in [-0.39, 0.29) is 51.7 Å². The van der Waals surface area contributed by atoms with E-state index in [1.807, 2.05) is 11.0 Å². The summed E-state index contributed by atoms with van der Waals surface area (Å²) in [5.74, 6) is -1.25. The van der Waals surface area contributed by atoms with Crippen LogP contribution in [-0.4, -0.2) is 36.0 Å². The van der Waals surface area contributed by atoms with Crippen LogP contribution in [0.5, 0.6) is 0 Å². The van der Waals surface area contributed by atoms with Crippen LogP contribution in [0, 0.1) is 28.5 Å². The van der Waals surface area contributed by atoms with Crippen LogP contribution in [0.1, 0.15) is 12.5 Å². The van der Waals surface area contributed by atoms with E-state index in [4.69, 9.17) is 5.26 Å². The highest BCUT2D eigenvalue weighted by atomic mass is 32.1. The Hall–Kier alpha value is -4.94. The zero-order valence-electron chi connectivity index (χ0n) is 21.0. The van der Waals surface area contributed by atoms with Gasteiger partial charge in [-0.25, -0.2) is 4.39 Å². The summed E-state index contributed by atoms with van der Waals surface area (Å²) in [4.78, 5) is 39.8. The first kappa shape index (κ1) is 27.1. The number of aromatic nitrogens is 1. The minimum atomic E-state index is -0.727. The van der Waals surface area contributed by atoms with Gasteiger partial charge in [0.2, 0.25) is 5.91 Å². The summed E-state index contributed by atoms with van der Waals surface area (Å²) in [5.41, 5.74) is 2.26. The van der Waals surface area contributed by atoms with Crippen LogP contribution in [0.3, 0.4) is 0 Å². The maximum atomic E-state index is 13.5. The predicted molar refractivity (Wildman–Crippen MR) is 147 cm³/mol. The number of nitrogens with zero attached hydrogens (tertiary/aromatic N) is 4. The van der Waals surface area contributed by atoms with E-state index in [1.165, 1.54) is 22.9 Å². The molecule has 0 radical (unpaired) electrons. The van der Waals surface area contributed by atoms with Crippen LogP contribution in [-0.2, 0) is 22.6 Å². The SMILES string of the molecule is CCn1c(=O)/c(=C\Nc2cccc(NC(=O)CN3CCc4cc(F)ccc43)c2)s/c1=C(/C#N)C(=O)NCC#N. The van der Waals surface area contributed by atoms with Crippen LogP contribution in [0.2, 0.25) is 0 Å². The Balaban J connectivity index is 1.50. The number of halogens is 1. The van der Waals surface area contributed by atoms with Gasteiger partial charge in [0.15, 0.2) is 5.57 Å². The van der Waals surface area contributed by atoms with Crippen molar-refractivity contribution in [2.45, 2.75) is 19.9 Å². The molecule has 12 heteroatoms. The molecule has 2 amide bonds. The summed E-state index contributed by atoms with van der Waals surface area (Å²) < 4.78 is 15.3. The topological polar surface area (TPSA) is 143 Å². The van der Waals surface area contributed by atoms with E-state index in [1.54, 1.807) is 43.3 Å². The van der Waals surface area contributed by atoms with Gasteiger partial charge in [-0.3, -0.25) is 19.0 Å². The van der Waals surface area contributed by atoms with Crippen molar-refractivity contribution >= 4 is 52.0 Å². The fourth-order valence-corrected chi connectivity index (χ4v) is 5.30. The van der Waals surface area contributed by atoms with Crippen molar-refractivity contribution in [1.82, 2.24) is 9.88 Å². The average molecular weight is 546 g/mol. The number of hydrogen-bond acceptors (Lipinski definition) is 8. The molecule has 0 saturated heterocycles. The first-order valence-corrected chi connectivity index (χ1v) is 12.9. The predicted octanol–water partition coefficient (Wildman–Crippen LogP) is 1.23. The molecule has 4 rings (SSSR count). The standard InChI is InChI=1S/C27H24FN7O3S/c1-2-35-26(38)23(39-27(35)21(14-30)25(37)31-10-9-29)15-32-19-4-3-5-20(13-19)33-24(36)16-34-11-8-17-12-18(28)6-7-22(17)34/h3-7,12-13,15,32H,2,8,10-11,16H2,1H3,(H,31,37)(H,33,36)/b23-15+,27-21-. The van der Waals surface area contributed by atoms with Crippen molar-refractivity contribution in [3.63, 3.8) is 0 Å². The Morgan fingerprint density at radius 3 is 2.72 bits per heavy atom. The molecule has 2 heterocycles. The van der Waals surface area contributed by atoms with Gasteiger partial charge in [-0.15, -0.1) is 11.3 Å². The molecule has 1 aliphatic heterocycles. The molecule has 3 N–H and O–H groups in total. The molecule has 1 aliphatic rings. The molecular formula is C27H24FN7O3S. The molecule has 39 heavy (non-hydrogen) atoms. The molecule has 0 spiro atoms. The van der Waals surface area contributed by atoms with E-state index in [2.05, 4.69) is 16.0 Å². The lowest BCUT2D eigenvalue weighted by Crippen LogP contribution is -2.34. The number of fused-ring (bicyclic) bond motifs is 1. The maximum Gasteiger partial charge on any atom is 0.270 e. The smallest absolute Gasteiger partial charge is 0.270 e. The number of carbonyl (C=O) groups excluding carboxylic acids is 2. The molecule has 0 aliphatic carbocycles. The van der Waals surface area contributed by atoms with Gasteiger partial charge in [0.25, 0.3) is 11.5 Å². The number of thiazole rings is 1. The van der Waals surface area contributed by atoms with E-state index in [0.29, 0.717) is 24.3 Å². The third kappa shape index (κ3) is 6.14. The number of nitrogens with one attached hydrogen (secondary N) is 3. The Morgan fingerprint density at radius 1 is 1.18 bits per heavy atom. The fourth-order valence-electron chi connectivity index (χ4n) is 4.21. The number of anilines is 3. The molecule has 0 saturated carbocycles. The number of carbonyl (C=O) groups is 2. The Morgan fingerprint density at radius 2 is 1.97 bits per heavy atom. The van der Waals surface area contributed by atoms with Crippen LogP contribution in [0.4, 0.5) is 21.5 Å². The lowest BCUT2D eigenvalue weighted by Gasteiger charge is -2.19. The van der Waals surface area contributed by atoms with Crippen molar-refractivity contribution in [2.24, 2.45) is 0 Å². The number of rotatable bonds is 8. The Kier molecular flexibility index (Phi) is 8.39. The number of hydrogen-bond donors (Lipinski definition) is 3. The van der Waals surface area contributed by atoms with Crippen molar-refractivity contribution in [3.05, 3.63) is 73.4 Å². The number of amides is 2. The highest BCUT2D eigenvalue weighted by Crippen LogP contribution is 2.28. The van der Waals surface area contributed by atoms with Gasteiger partial charge >= 0.3 is 0 Å². The van der Waals surface area contributed by atoms with E-state index < -0.39 is 5.91 Å². The summed E-state index contributed by atoms with van der Waals surface area (Å²) >= 11 is 0.983. The minimum Gasteiger partial charge on any atom is -0.362 e. The summed E-state index contributed by atoms with van der Waals surface area (Å²) in [6.45, 7) is 2.46. The van der Waals surface area contributed by atoms with E-state index in [0.717, 1.165) is 22.6 Å². The van der Waals surface area contributed by atoms with Gasteiger partial charge in [-0.2, -0.15) is 10.5 Å². The molecular weight excluding hydrogens is 521 g/mol. The monoisotopic (exact) mass is 545 g/mol. The normalized spacial score (nSPS) is 13.2. The lowest BCUT2D eigenvalue weighted by molar-refractivity contribution is -0.116. The highest BCUT2D eigenvalue weighted by molar-refractivity contribution is 7.07. The Labute approximate surface area is 226 Å². The molecule has 198 valence electrons. The second-order valence-electron chi connectivity index (χ2n) is 8.51. The first-order valence-electron chi connectivity index (χ1n) is 12.0. The van der Waals surface area contributed by atoms with Crippen molar-refractivity contribution < 1.29 is 14.0 Å². The third-order valence-electron chi connectivity index (χ3n) is 5.99. The zero-order valence-corrected chi connectivity index (χ0v) is 21.8. The van der Waals surface area contributed by atoms with Crippen molar-refractivity contribution in [2.75, 3.05) is 35.2 Å². The minimum absolute atomic E-state index is 0.122. The molecule has 3 aromatic rings. The van der Waals surface area contributed by atoms with Gasteiger partial charge in [-0.1, -0.05) is 6.07 Å². The van der Waals surface area contributed by atoms with Gasteiger partial charge in [0.1, 0.15) is 27.6 Å². The molecule has 0 atom stereocenters. The summed E-state index contributed by atoms with van der Waals surface area (Å²) in [5, 5.41) is 26.4. The molecule has 0 fully saturated rings. The van der Waals surface area contributed by atoms with Gasteiger partial charge in [0, 0.05) is 36.4 Å². The second-order valence-corrected chi connectivity index (χ2v) is 9.54. The quantitative estimate of drug-likeness (QED) is 0.362. The van der Waals surface area contributed by atoms with Gasteiger partial charge in [-0.05, 0) is 55.3 Å². The average Bonchev–Trinajstić information content (AvgIpc) is 3.46. The highest BCUT2D eigenvalue weighted by Gasteiger charge is 2.21. The summed E-state index contributed by atoms with van der Waals surface area (Å²) in [7, 11) is 0. The summed E-state index contributed by atoms with van der Waals surface area (Å²) in [6.07, 6.45) is 2.16. The molecule has 0 bridgehead atoms. The van der Waals surface area contributed by atoms with Crippen molar-refractivity contribution in [1.29, 1.82) is 10.5 Å². The largest absolute Gasteiger partial charge is 0.362 e. The van der Waals surface area contributed by atoms with Crippen LogP contribution in [0.15, 0.2) is 47.3 Å². The van der Waals surface area contributed by atoms with Gasteiger partial charge in [0.05, 0.1) is 12.6 Å². The Bertz CT molecular complexity index is 1700. The second kappa shape index (κ2) is 12.1. The fraction of sp³-hybridized carbons (Fsp3) is 0.222. The van der Waals surface area contributed by atoms with Crippen LogP contribution >= 0.6 is 11.3 Å². The maximum absolute atomic E-state index is 13.5. The van der Waals surface area contributed by atoms with Gasteiger partial charge < -0.3 is 20.9 Å².